The Morgan fingerprint density at radius 1 is 1.58 bits per heavy atom. The van der Waals surface area contributed by atoms with Crippen LogP contribution in [0.1, 0.15) is 45.7 Å². The van der Waals surface area contributed by atoms with Gasteiger partial charge >= 0.3 is 0 Å². The van der Waals surface area contributed by atoms with Crippen molar-refractivity contribution >= 4 is 22.4 Å². The third-order valence-electron chi connectivity index (χ3n) is 3.87. The molecule has 0 aromatic carbocycles. The molecule has 1 heterocycles. The molecule has 19 heavy (non-hydrogen) atoms. The fraction of sp³-hybridized carbons (Fsp3) is 0.714. The van der Waals surface area contributed by atoms with Gasteiger partial charge in [0.1, 0.15) is 0 Å². The molecule has 2 atom stereocenters. The number of anilines is 1. The van der Waals surface area contributed by atoms with Gasteiger partial charge in [0.15, 0.2) is 5.13 Å². The van der Waals surface area contributed by atoms with Crippen LogP contribution >= 0.6 is 11.3 Å². The summed E-state index contributed by atoms with van der Waals surface area (Å²) in [5, 5.41) is 6.45. The van der Waals surface area contributed by atoms with Crippen LogP contribution in [0.4, 0.5) is 5.13 Å². The zero-order valence-electron chi connectivity index (χ0n) is 12.0. The summed E-state index contributed by atoms with van der Waals surface area (Å²) in [7, 11) is 0. The van der Waals surface area contributed by atoms with Crippen molar-refractivity contribution in [1.82, 2.24) is 10.3 Å². The van der Waals surface area contributed by atoms with Crippen LogP contribution in [0.15, 0.2) is 5.38 Å². The molecule has 106 valence electrons. The number of hydrogen-bond acceptors (Lipinski definition) is 4. The Bertz CT molecular complexity index is 432. The van der Waals surface area contributed by atoms with E-state index in [9.17, 15) is 4.79 Å². The van der Waals surface area contributed by atoms with E-state index in [4.69, 9.17) is 0 Å². The molecule has 1 aromatic rings. The van der Waals surface area contributed by atoms with Crippen LogP contribution in [0.2, 0.25) is 0 Å². The van der Waals surface area contributed by atoms with E-state index in [0.717, 1.165) is 23.3 Å². The highest BCUT2D eigenvalue weighted by Gasteiger charge is 2.23. The predicted octanol–water partition coefficient (Wildman–Crippen LogP) is 2.79. The number of amides is 1. The Labute approximate surface area is 119 Å². The van der Waals surface area contributed by atoms with E-state index >= 15 is 0 Å². The minimum Gasteiger partial charge on any atom is -0.308 e. The second-order valence-corrected chi connectivity index (χ2v) is 6.12. The number of nitrogens with one attached hydrogen (secondary N) is 1. The summed E-state index contributed by atoms with van der Waals surface area (Å²) in [6, 6.07) is 0.625. The molecule has 1 fully saturated rings. The van der Waals surface area contributed by atoms with E-state index in [1.54, 1.807) is 23.2 Å². The van der Waals surface area contributed by atoms with Crippen molar-refractivity contribution < 1.29 is 4.79 Å². The maximum absolute atomic E-state index is 11.5. The highest BCUT2D eigenvalue weighted by molar-refractivity contribution is 7.14. The first kappa shape index (κ1) is 14.5. The zero-order valence-corrected chi connectivity index (χ0v) is 12.8. The maximum atomic E-state index is 11.5. The van der Waals surface area contributed by atoms with Crippen molar-refractivity contribution in [2.24, 2.45) is 5.92 Å². The lowest BCUT2D eigenvalue weighted by molar-refractivity contribution is -0.116. The Morgan fingerprint density at radius 2 is 2.37 bits per heavy atom. The van der Waals surface area contributed by atoms with Crippen LogP contribution in [0.5, 0.6) is 0 Å². The summed E-state index contributed by atoms with van der Waals surface area (Å²) >= 11 is 1.55. The second-order valence-electron chi connectivity index (χ2n) is 5.28. The highest BCUT2D eigenvalue weighted by Crippen LogP contribution is 2.26. The number of thiazole rings is 1. The lowest BCUT2D eigenvalue weighted by atomic mass is 10.1. The number of carbonyl (C=O) groups excluding carboxylic acids is 1. The van der Waals surface area contributed by atoms with E-state index in [0.29, 0.717) is 12.6 Å². The Morgan fingerprint density at radius 3 is 2.95 bits per heavy atom. The third kappa shape index (κ3) is 3.54. The molecule has 0 radical (unpaired) electrons. The number of rotatable bonds is 5. The molecular weight excluding hydrogens is 258 g/mol. The normalized spacial score (nSPS) is 22.7. The van der Waals surface area contributed by atoms with Gasteiger partial charge in [-0.3, -0.25) is 9.69 Å². The van der Waals surface area contributed by atoms with Crippen LogP contribution in [0.25, 0.3) is 0 Å². The van der Waals surface area contributed by atoms with Crippen molar-refractivity contribution in [2.75, 3.05) is 11.4 Å². The van der Waals surface area contributed by atoms with Crippen LogP contribution in [0.3, 0.4) is 0 Å². The molecule has 1 saturated carbocycles. The summed E-state index contributed by atoms with van der Waals surface area (Å²) in [6.07, 6.45) is 3.93. The zero-order chi connectivity index (χ0) is 13.8. The van der Waals surface area contributed by atoms with Crippen LogP contribution < -0.4 is 10.2 Å². The number of nitrogens with zero attached hydrogens (tertiary/aromatic N) is 2. The van der Waals surface area contributed by atoms with Gasteiger partial charge in [-0.2, -0.15) is 0 Å². The van der Waals surface area contributed by atoms with E-state index in [2.05, 4.69) is 17.2 Å². The van der Waals surface area contributed by atoms with Crippen molar-refractivity contribution in [3.63, 3.8) is 0 Å². The first-order valence-corrected chi connectivity index (χ1v) is 7.95. The van der Waals surface area contributed by atoms with Gasteiger partial charge in [0, 0.05) is 31.4 Å². The predicted molar refractivity (Wildman–Crippen MR) is 79.5 cm³/mol. The van der Waals surface area contributed by atoms with Crippen molar-refractivity contribution in [1.29, 1.82) is 0 Å². The number of hydrogen-bond donors (Lipinski definition) is 1. The molecule has 4 nitrogen and oxygen atoms in total. The summed E-state index contributed by atoms with van der Waals surface area (Å²) in [5.41, 5.74) is 1.04. The van der Waals surface area contributed by atoms with Gasteiger partial charge < -0.3 is 5.32 Å². The van der Waals surface area contributed by atoms with E-state index in [1.807, 2.05) is 12.3 Å². The van der Waals surface area contributed by atoms with Gasteiger partial charge in [-0.15, -0.1) is 11.3 Å². The first-order chi connectivity index (χ1) is 9.11. The molecule has 0 saturated heterocycles. The smallest absolute Gasteiger partial charge is 0.225 e. The Balaban J connectivity index is 1.91. The molecule has 1 aliphatic rings. The molecular formula is C14H23N3OS. The molecule has 0 bridgehead atoms. The summed E-state index contributed by atoms with van der Waals surface area (Å²) in [6.45, 7) is 7.35. The van der Waals surface area contributed by atoms with E-state index in [1.165, 1.54) is 19.3 Å². The average Bonchev–Trinajstić information content (AvgIpc) is 2.97. The molecule has 1 aliphatic carbocycles. The molecule has 0 spiro atoms. The topological polar surface area (TPSA) is 45.2 Å². The molecule has 5 heteroatoms. The van der Waals surface area contributed by atoms with Crippen molar-refractivity contribution in [2.45, 2.75) is 52.6 Å². The monoisotopic (exact) mass is 281 g/mol. The van der Waals surface area contributed by atoms with Gasteiger partial charge in [-0.05, 0) is 25.7 Å². The summed E-state index contributed by atoms with van der Waals surface area (Å²) < 4.78 is 0. The highest BCUT2D eigenvalue weighted by atomic mass is 32.1. The Hall–Kier alpha value is -0.940. The fourth-order valence-corrected chi connectivity index (χ4v) is 3.61. The van der Waals surface area contributed by atoms with Gasteiger partial charge in [-0.1, -0.05) is 13.3 Å². The summed E-state index contributed by atoms with van der Waals surface area (Å²) in [5.74, 6) is 0.822. The van der Waals surface area contributed by atoms with Gasteiger partial charge in [0.05, 0.1) is 5.69 Å². The Kier molecular flexibility index (Phi) is 4.93. The molecule has 2 rings (SSSR count). The van der Waals surface area contributed by atoms with Crippen LogP contribution in [-0.4, -0.2) is 23.5 Å². The lowest BCUT2D eigenvalue weighted by Gasteiger charge is -2.16. The standard InChI is InChI=1S/C14H23N3OS/c1-4-17(11(3)18)14-16-12(9-19-14)8-15-13-7-5-6-10(13)2/h9-10,13,15H,4-8H2,1-3H3. The third-order valence-corrected chi connectivity index (χ3v) is 4.79. The largest absolute Gasteiger partial charge is 0.308 e. The molecule has 1 aromatic heterocycles. The lowest BCUT2D eigenvalue weighted by Crippen LogP contribution is -2.31. The molecule has 1 amide bonds. The van der Waals surface area contributed by atoms with Crippen molar-refractivity contribution in [3.05, 3.63) is 11.1 Å². The average molecular weight is 281 g/mol. The van der Waals surface area contributed by atoms with E-state index < -0.39 is 0 Å². The quantitative estimate of drug-likeness (QED) is 0.902. The number of aromatic nitrogens is 1. The minimum absolute atomic E-state index is 0.0563. The van der Waals surface area contributed by atoms with Crippen LogP contribution in [-0.2, 0) is 11.3 Å². The van der Waals surface area contributed by atoms with Gasteiger partial charge in [-0.25, -0.2) is 4.98 Å². The van der Waals surface area contributed by atoms with Crippen molar-refractivity contribution in [3.8, 4) is 0 Å². The minimum atomic E-state index is 0.0563. The first-order valence-electron chi connectivity index (χ1n) is 7.07. The van der Waals surface area contributed by atoms with Gasteiger partial charge in [0.25, 0.3) is 0 Å². The SMILES string of the molecule is CCN(C(C)=O)c1nc(CNC2CCCC2C)cs1. The molecule has 1 N–H and O–H groups in total. The fourth-order valence-electron chi connectivity index (χ4n) is 2.68. The molecule has 2 unspecified atom stereocenters. The van der Waals surface area contributed by atoms with Gasteiger partial charge in [0.2, 0.25) is 5.91 Å². The number of carbonyl (C=O) groups is 1. The summed E-state index contributed by atoms with van der Waals surface area (Å²) in [4.78, 5) is 17.7. The van der Waals surface area contributed by atoms with Crippen LogP contribution in [0, 0.1) is 5.92 Å². The molecule has 0 aliphatic heterocycles. The second kappa shape index (κ2) is 6.48. The van der Waals surface area contributed by atoms with E-state index in [-0.39, 0.29) is 5.91 Å². The maximum Gasteiger partial charge on any atom is 0.225 e.